The molecule has 1 aromatic rings. The summed E-state index contributed by atoms with van der Waals surface area (Å²) >= 11 is 0. The summed E-state index contributed by atoms with van der Waals surface area (Å²) in [4.78, 5) is 14.4. The molecule has 3 nitrogen and oxygen atoms in total. The SMILES string of the molecule is Nc1ccc2c(c1)C(=O)N(C1CCCCC1)C2. The summed E-state index contributed by atoms with van der Waals surface area (Å²) in [6, 6.07) is 6.15. The Bertz CT molecular complexity index is 450. The lowest BCUT2D eigenvalue weighted by atomic mass is 9.94. The number of anilines is 1. The lowest BCUT2D eigenvalue weighted by Gasteiger charge is -2.30. The quantitative estimate of drug-likeness (QED) is 0.754. The molecule has 3 heteroatoms. The average molecular weight is 230 g/mol. The van der Waals surface area contributed by atoms with Gasteiger partial charge < -0.3 is 10.6 Å². The Morgan fingerprint density at radius 1 is 1.18 bits per heavy atom. The fourth-order valence-electron chi connectivity index (χ4n) is 3.03. The first-order valence-corrected chi connectivity index (χ1v) is 6.45. The van der Waals surface area contributed by atoms with Crippen LogP contribution in [-0.2, 0) is 6.54 Å². The van der Waals surface area contributed by atoms with Crippen LogP contribution in [0.2, 0.25) is 0 Å². The largest absolute Gasteiger partial charge is 0.399 e. The third kappa shape index (κ3) is 1.79. The zero-order chi connectivity index (χ0) is 11.8. The molecule has 0 radical (unpaired) electrons. The Balaban J connectivity index is 1.85. The highest BCUT2D eigenvalue weighted by Crippen LogP contribution is 2.31. The van der Waals surface area contributed by atoms with Crippen LogP contribution in [-0.4, -0.2) is 16.8 Å². The van der Waals surface area contributed by atoms with Crippen LogP contribution in [0, 0.1) is 0 Å². The van der Waals surface area contributed by atoms with Crippen molar-refractivity contribution in [3.05, 3.63) is 29.3 Å². The number of nitrogens with two attached hydrogens (primary N) is 1. The van der Waals surface area contributed by atoms with Crippen LogP contribution in [0.15, 0.2) is 18.2 Å². The van der Waals surface area contributed by atoms with Crippen molar-refractivity contribution < 1.29 is 4.79 Å². The van der Waals surface area contributed by atoms with Gasteiger partial charge in [-0.15, -0.1) is 0 Å². The molecule has 0 saturated heterocycles. The van der Waals surface area contributed by atoms with E-state index in [9.17, 15) is 4.79 Å². The van der Waals surface area contributed by atoms with Gasteiger partial charge in [0.05, 0.1) is 0 Å². The Hall–Kier alpha value is -1.51. The van der Waals surface area contributed by atoms with Crippen molar-refractivity contribution in [2.24, 2.45) is 0 Å². The fraction of sp³-hybridized carbons (Fsp3) is 0.500. The lowest BCUT2D eigenvalue weighted by Crippen LogP contribution is -2.36. The van der Waals surface area contributed by atoms with Crippen LogP contribution in [0.3, 0.4) is 0 Å². The number of benzene rings is 1. The number of fused-ring (bicyclic) bond motifs is 1. The van der Waals surface area contributed by atoms with Gasteiger partial charge in [0, 0.05) is 23.8 Å². The third-order valence-corrected chi connectivity index (χ3v) is 3.98. The minimum absolute atomic E-state index is 0.180. The molecule has 1 saturated carbocycles. The van der Waals surface area contributed by atoms with Gasteiger partial charge in [0.2, 0.25) is 0 Å². The second kappa shape index (κ2) is 4.06. The Morgan fingerprint density at radius 3 is 2.71 bits per heavy atom. The van der Waals surface area contributed by atoms with E-state index in [-0.39, 0.29) is 5.91 Å². The van der Waals surface area contributed by atoms with E-state index in [4.69, 9.17) is 5.73 Å². The summed E-state index contributed by atoms with van der Waals surface area (Å²) in [5.41, 5.74) is 8.38. The summed E-state index contributed by atoms with van der Waals surface area (Å²) in [5, 5.41) is 0. The monoisotopic (exact) mass is 230 g/mol. The second-order valence-corrected chi connectivity index (χ2v) is 5.14. The Kier molecular flexibility index (Phi) is 2.54. The number of carbonyl (C=O) groups excluding carboxylic acids is 1. The van der Waals surface area contributed by atoms with Crippen molar-refractivity contribution in [2.75, 3.05) is 5.73 Å². The standard InChI is InChI=1S/C14H18N2O/c15-11-7-6-10-9-16(14(17)13(10)8-11)12-4-2-1-3-5-12/h6-8,12H,1-5,9,15H2. The van der Waals surface area contributed by atoms with E-state index in [1.54, 1.807) is 0 Å². The molecule has 1 amide bonds. The van der Waals surface area contributed by atoms with E-state index in [1.807, 2.05) is 23.1 Å². The van der Waals surface area contributed by atoms with Crippen molar-refractivity contribution in [3.63, 3.8) is 0 Å². The first-order valence-electron chi connectivity index (χ1n) is 6.45. The number of nitrogens with zero attached hydrogens (tertiary/aromatic N) is 1. The minimum Gasteiger partial charge on any atom is -0.399 e. The van der Waals surface area contributed by atoms with Crippen LogP contribution in [0.25, 0.3) is 0 Å². The maximum Gasteiger partial charge on any atom is 0.254 e. The van der Waals surface area contributed by atoms with Gasteiger partial charge in [-0.25, -0.2) is 0 Å². The number of hydrogen-bond acceptors (Lipinski definition) is 2. The van der Waals surface area contributed by atoms with Gasteiger partial charge in [0.25, 0.3) is 5.91 Å². The van der Waals surface area contributed by atoms with Crippen molar-refractivity contribution in [2.45, 2.75) is 44.7 Å². The van der Waals surface area contributed by atoms with Crippen molar-refractivity contribution in [3.8, 4) is 0 Å². The molecule has 0 aromatic heterocycles. The molecule has 3 rings (SSSR count). The fourth-order valence-corrected chi connectivity index (χ4v) is 3.03. The topological polar surface area (TPSA) is 46.3 Å². The number of amides is 1. The van der Waals surface area contributed by atoms with E-state index in [1.165, 1.54) is 19.3 Å². The molecule has 0 unspecified atom stereocenters. The van der Waals surface area contributed by atoms with Gasteiger partial charge in [-0.3, -0.25) is 4.79 Å². The highest BCUT2D eigenvalue weighted by atomic mass is 16.2. The smallest absolute Gasteiger partial charge is 0.254 e. The Labute approximate surface area is 102 Å². The first kappa shape index (κ1) is 10.6. The summed E-state index contributed by atoms with van der Waals surface area (Å²) in [6.07, 6.45) is 6.16. The van der Waals surface area contributed by atoms with Crippen molar-refractivity contribution in [1.29, 1.82) is 0 Å². The average Bonchev–Trinajstić information content (AvgIpc) is 2.68. The lowest BCUT2D eigenvalue weighted by molar-refractivity contribution is 0.0660. The number of rotatable bonds is 1. The van der Waals surface area contributed by atoms with E-state index in [0.717, 1.165) is 30.5 Å². The number of carbonyl (C=O) groups is 1. The molecule has 1 aromatic carbocycles. The molecule has 90 valence electrons. The zero-order valence-corrected chi connectivity index (χ0v) is 9.98. The molecular formula is C14H18N2O. The summed E-state index contributed by atoms with van der Waals surface area (Å²) < 4.78 is 0. The summed E-state index contributed by atoms with van der Waals surface area (Å²) in [7, 11) is 0. The zero-order valence-electron chi connectivity index (χ0n) is 9.98. The van der Waals surface area contributed by atoms with Gasteiger partial charge >= 0.3 is 0 Å². The van der Waals surface area contributed by atoms with E-state index < -0.39 is 0 Å². The molecule has 17 heavy (non-hydrogen) atoms. The second-order valence-electron chi connectivity index (χ2n) is 5.14. The summed E-state index contributed by atoms with van der Waals surface area (Å²) in [6.45, 7) is 0.777. The van der Waals surface area contributed by atoms with Crippen LogP contribution < -0.4 is 5.73 Å². The third-order valence-electron chi connectivity index (χ3n) is 3.98. The van der Waals surface area contributed by atoms with Gasteiger partial charge in [0.15, 0.2) is 0 Å². The predicted octanol–water partition coefficient (Wildman–Crippen LogP) is 2.56. The normalized spacial score (nSPS) is 20.7. The van der Waals surface area contributed by atoms with Crippen LogP contribution in [0.1, 0.15) is 48.0 Å². The van der Waals surface area contributed by atoms with Crippen LogP contribution in [0.4, 0.5) is 5.69 Å². The molecule has 1 heterocycles. The molecule has 0 spiro atoms. The minimum atomic E-state index is 0.180. The van der Waals surface area contributed by atoms with Gasteiger partial charge in [0.1, 0.15) is 0 Å². The number of nitrogen functional groups attached to an aromatic ring is 1. The van der Waals surface area contributed by atoms with E-state index >= 15 is 0 Å². The maximum absolute atomic E-state index is 12.3. The molecule has 2 N–H and O–H groups in total. The molecule has 0 bridgehead atoms. The predicted molar refractivity (Wildman–Crippen MR) is 67.6 cm³/mol. The molecule has 0 atom stereocenters. The van der Waals surface area contributed by atoms with Gasteiger partial charge in [-0.1, -0.05) is 25.3 Å². The molecule has 1 fully saturated rings. The first-order chi connectivity index (χ1) is 8.25. The highest BCUT2D eigenvalue weighted by molar-refractivity contribution is 5.99. The van der Waals surface area contributed by atoms with Gasteiger partial charge in [-0.05, 0) is 30.5 Å². The number of hydrogen-bond donors (Lipinski definition) is 1. The van der Waals surface area contributed by atoms with Crippen molar-refractivity contribution in [1.82, 2.24) is 4.90 Å². The molecule has 1 aliphatic heterocycles. The van der Waals surface area contributed by atoms with Crippen LogP contribution in [0.5, 0.6) is 0 Å². The Morgan fingerprint density at radius 2 is 1.94 bits per heavy atom. The summed E-state index contributed by atoms with van der Waals surface area (Å²) in [5.74, 6) is 0.180. The molecule has 1 aliphatic carbocycles. The van der Waals surface area contributed by atoms with Gasteiger partial charge in [-0.2, -0.15) is 0 Å². The van der Waals surface area contributed by atoms with Crippen LogP contribution >= 0.6 is 0 Å². The maximum atomic E-state index is 12.3. The van der Waals surface area contributed by atoms with E-state index in [2.05, 4.69) is 0 Å². The van der Waals surface area contributed by atoms with E-state index in [0.29, 0.717) is 11.7 Å². The molecular weight excluding hydrogens is 212 g/mol. The highest BCUT2D eigenvalue weighted by Gasteiger charge is 2.33. The van der Waals surface area contributed by atoms with Crippen molar-refractivity contribution >= 4 is 11.6 Å². The molecule has 2 aliphatic rings.